The van der Waals surface area contributed by atoms with Crippen LogP contribution in [0, 0.1) is 6.20 Å². The smallest absolute Gasteiger partial charge is 0.198 e. The van der Waals surface area contributed by atoms with Crippen molar-refractivity contribution in [3.05, 3.63) is 72.1 Å². The van der Waals surface area contributed by atoms with Crippen LogP contribution in [0.25, 0.3) is 5.52 Å². The number of carbonyl (C=O) groups is 1. The summed E-state index contributed by atoms with van der Waals surface area (Å²) in [5.41, 5.74) is 1.63. The summed E-state index contributed by atoms with van der Waals surface area (Å²) in [5, 5.41) is 9.71. The molecular formula is C15H10NO2. The Morgan fingerprint density at radius 1 is 1.06 bits per heavy atom. The normalized spacial score (nSPS) is 10.7. The van der Waals surface area contributed by atoms with Gasteiger partial charge in [0.25, 0.3) is 0 Å². The molecule has 0 fully saturated rings. The lowest BCUT2D eigenvalue weighted by atomic mass is 10.0. The molecule has 18 heavy (non-hydrogen) atoms. The molecule has 0 atom stereocenters. The molecule has 0 aliphatic heterocycles. The van der Waals surface area contributed by atoms with Crippen molar-refractivity contribution in [1.82, 2.24) is 4.40 Å². The Morgan fingerprint density at radius 3 is 2.67 bits per heavy atom. The second kappa shape index (κ2) is 4.04. The predicted molar refractivity (Wildman–Crippen MR) is 67.8 cm³/mol. The van der Waals surface area contributed by atoms with Crippen molar-refractivity contribution in [3.8, 4) is 5.75 Å². The number of hydrogen-bond donors (Lipinski definition) is 1. The van der Waals surface area contributed by atoms with Crippen molar-refractivity contribution >= 4 is 11.3 Å². The van der Waals surface area contributed by atoms with Crippen LogP contribution in [0.15, 0.2) is 54.7 Å². The molecule has 87 valence electrons. The molecule has 0 aliphatic carbocycles. The number of rotatable bonds is 2. The van der Waals surface area contributed by atoms with Crippen LogP contribution in [0.2, 0.25) is 0 Å². The van der Waals surface area contributed by atoms with Crippen LogP contribution in [0.1, 0.15) is 15.9 Å². The van der Waals surface area contributed by atoms with Crippen LogP contribution in [0.4, 0.5) is 0 Å². The molecule has 0 amide bonds. The lowest BCUT2D eigenvalue weighted by Gasteiger charge is -2.02. The van der Waals surface area contributed by atoms with Crippen LogP contribution in [-0.4, -0.2) is 15.3 Å². The number of ketones is 1. The quantitative estimate of drug-likeness (QED) is 0.695. The molecule has 3 aromatic rings. The fourth-order valence-electron chi connectivity index (χ4n) is 1.98. The summed E-state index contributed by atoms with van der Waals surface area (Å²) in [6.07, 6.45) is 4.80. The first-order valence-corrected chi connectivity index (χ1v) is 5.58. The van der Waals surface area contributed by atoms with Crippen molar-refractivity contribution in [2.75, 3.05) is 0 Å². The van der Waals surface area contributed by atoms with E-state index in [4.69, 9.17) is 0 Å². The second-order valence-electron chi connectivity index (χ2n) is 3.99. The monoisotopic (exact) mass is 236 g/mol. The van der Waals surface area contributed by atoms with Gasteiger partial charge in [-0.05, 0) is 30.3 Å². The van der Waals surface area contributed by atoms with Crippen molar-refractivity contribution in [2.24, 2.45) is 0 Å². The first kappa shape index (κ1) is 10.6. The van der Waals surface area contributed by atoms with Gasteiger partial charge in [-0.25, -0.2) is 0 Å². The van der Waals surface area contributed by atoms with Crippen molar-refractivity contribution in [3.63, 3.8) is 0 Å². The number of hydrogen-bond acceptors (Lipinski definition) is 2. The zero-order chi connectivity index (χ0) is 12.5. The van der Waals surface area contributed by atoms with Gasteiger partial charge in [0.2, 0.25) is 0 Å². The molecular weight excluding hydrogens is 226 g/mol. The number of carbonyl (C=O) groups excluding carboxylic acids is 1. The van der Waals surface area contributed by atoms with Gasteiger partial charge in [-0.15, -0.1) is 0 Å². The lowest BCUT2D eigenvalue weighted by Crippen LogP contribution is -2.01. The fourth-order valence-corrected chi connectivity index (χ4v) is 1.98. The van der Waals surface area contributed by atoms with Crippen molar-refractivity contribution in [1.29, 1.82) is 0 Å². The summed E-state index contributed by atoms with van der Waals surface area (Å²) in [7, 11) is 0. The second-order valence-corrected chi connectivity index (χ2v) is 3.99. The van der Waals surface area contributed by atoms with Gasteiger partial charge in [0.15, 0.2) is 5.78 Å². The summed E-state index contributed by atoms with van der Waals surface area (Å²) < 4.78 is 1.76. The van der Waals surface area contributed by atoms with Gasteiger partial charge in [-0.3, -0.25) is 4.79 Å². The molecule has 3 rings (SSSR count). The number of benzene rings is 1. The number of nitrogens with zero attached hydrogens (tertiary/aromatic N) is 1. The van der Waals surface area contributed by atoms with Gasteiger partial charge in [0.05, 0.1) is 17.3 Å². The van der Waals surface area contributed by atoms with Crippen LogP contribution >= 0.6 is 0 Å². The van der Waals surface area contributed by atoms with Gasteiger partial charge < -0.3 is 9.51 Å². The van der Waals surface area contributed by atoms with E-state index in [2.05, 4.69) is 6.20 Å². The van der Waals surface area contributed by atoms with Gasteiger partial charge in [0, 0.05) is 11.8 Å². The highest BCUT2D eigenvalue weighted by Crippen LogP contribution is 2.22. The zero-order valence-electron chi connectivity index (χ0n) is 9.50. The maximum absolute atomic E-state index is 12.3. The average Bonchev–Trinajstić information content (AvgIpc) is 2.82. The highest BCUT2D eigenvalue weighted by molar-refractivity contribution is 6.14. The standard InChI is InChI=1S/C15H10NO2/c17-14-7-2-1-5-12(14)15(18)11-8-10-16-9-4-3-6-13(11)16/h1-9,17H. The third-order valence-electron chi connectivity index (χ3n) is 2.88. The molecule has 3 heteroatoms. The van der Waals surface area contributed by atoms with Gasteiger partial charge in [-0.2, -0.15) is 0 Å². The summed E-state index contributed by atoms with van der Waals surface area (Å²) in [5.74, 6) is -0.198. The molecule has 0 spiro atoms. The molecule has 2 heterocycles. The third kappa shape index (κ3) is 1.57. The van der Waals surface area contributed by atoms with E-state index in [9.17, 15) is 9.90 Å². The Labute approximate surface area is 104 Å². The molecule has 0 bridgehead atoms. The Morgan fingerprint density at radius 2 is 1.83 bits per heavy atom. The summed E-state index contributed by atoms with van der Waals surface area (Å²) in [6.45, 7) is 0. The first-order chi connectivity index (χ1) is 8.77. The van der Waals surface area contributed by atoms with E-state index in [0.717, 1.165) is 5.52 Å². The molecule has 1 N–H and O–H groups in total. The van der Waals surface area contributed by atoms with Gasteiger partial charge in [0.1, 0.15) is 5.75 Å². The predicted octanol–water partition coefficient (Wildman–Crippen LogP) is 2.68. The third-order valence-corrected chi connectivity index (χ3v) is 2.88. The maximum Gasteiger partial charge on any atom is 0.198 e. The summed E-state index contributed by atoms with van der Waals surface area (Å²) in [4.78, 5) is 12.3. The van der Waals surface area contributed by atoms with Crippen LogP contribution < -0.4 is 0 Å². The minimum atomic E-state index is -0.196. The Kier molecular flexibility index (Phi) is 2.38. The van der Waals surface area contributed by atoms with E-state index >= 15 is 0 Å². The fraction of sp³-hybridized carbons (Fsp3) is 0. The minimum Gasteiger partial charge on any atom is -0.507 e. The topological polar surface area (TPSA) is 41.7 Å². The van der Waals surface area contributed by atoms with E-state index in [-0.39, 0.29) is 11.5 Å². The van der Waals surface area contributed by atoms with Gasteiger partial charge >= 0.3 is 0 Å². The molecule has 1 aromatic carbocycles. The molecule has 2 aromatic heterocycles. The first-order valence-electron chi connectivity index (χ1n) is 5.58. The Balaban J connectivity index is 2.16. The number of para-hydroxylation sites is 1. The van der Waals surface area contributed by atoms with Gasteiger partial charge in [-0.1, -0.05) is 18.2 Å². The van der Waals surface area contributed by atoms with E-state index < -0.39 is 0 Å². The van der Waals surface area contributed by atoms with Crippen molar-refractivity contribution in [2.45, 2.75) is 0 Å². The molecule has 0 aliphatic rings. The maximum atomic E-state index is 12.3. The molecule has 0 saturated heterocycles. The van der Waals surface area contributed by atoms with Crippen LogP contribution in [0.3, 0.4) is 0 Å². The number of aromatic hydroxyl groups is 1. The molecule has 3 nitrogen and oxygen atoms in total. The largest absolute Gasteiger partial charge is 0.507 e. The van der Waals surface area contributed by atoms with E-state index in [1.165, 1.54) is 6.07 Å². The van der Waals surface area contributed by atoms with Crippen LogP contribution in [0.5, 0.6) is 5.75 Å². The van der Waals surface area contributed by atoms with E-state index in [1.807, 2.05) is 24.4 Å². The molecule has 1 radical (unpaired) electrons. The van der Waals surface area contributed by atoms with Crippen molar-refractivity contribution < 1.29 is 9.90 Å². The Bertz CT molecular complexity index is 728. The summed E-state index contributed by atoms with van der Waals surface area (Å²) >= 11 is 0. The Hall–Kier alpha value is -2.55. The highest BCUT2D eigenvalue weighted by Gasteiger charge is 2.16. The molecule has 0 unspecified atom stereocenters. The number of pyridine rings is 1. The number of aromatic nitrogens is 1. The number of fused-ring (bicyclic) bond motifs is 1. The van der Waals surface area contributed by atoms with Crippen LogP contribution in [-0.2, 0) is 0 Å². The number of phenols is 1. The number of phenolic OH excluding ortho intramolecular Hbond substituents is 1. The highest BCUT2D eigenvalue weighted by atomic mass is 16.3. The van der Waals surface area contributed by atoms with E-state index in [1.54, 1.807) is 28.7 Å². The average molecular weight is 236 g/mol. The minimum absolute atomic E-state index is 0.00205. The zero-order valence-corrected chi connectivity index (χ0v) is 9.50. The summed E-state index contributed by atoms with van der Waals surface area (Å²) in [6, 6.07) is 13.8. The van der Waals surface area contributed by atoms with E-state index in [0.29, 0.717) is 11.1 Å². The molecule has 0 saturated carbocycles. The SMILES string of the molecule is O=C(c1ccccc1O)c1c[c]n2ccccc12. The lowest BCUT2D eigenvalue weighted by molar-refractivity contribution is 0.103.